The average Bonchev–Trinajstić information content (AvgIpc) is 3.10. The van der Waals surface area contributed by atoms with Crippen LogP contribution in [0.3, 0.4) is 0 Å². The molecular weight excluding hydrogens is 320 g/mol. The molecule has 2 rings (SSSR count). The van der Waals surface area contributed by atoms with Crippen LogP contribution in [0.1, 0.15) is 44.9 Å². The second-order valence-electron chi connectivity index (χ2n) is 6.15. The number of carbonyl (C=O) groups excluding carboxylic acids is 3. The maximum Gasteiger partial charge on any atom is 0.309 e. The molecule has 134 valence electrons. The Labute approximate surface area is 139 Å². The van der Waals surface area contributed by atoms with Crippen molar-refractivity contribution in [3.8, 4) is 0 Å². The number of rotatable bonds is 9. The zero-order valence-electron chi connectivity index (χ0n) is 13.3. The van der Waals surface area contributed by atoms with E-state index in [2.05, 4.69) is 4.74 Å². The molecular formula is C16H22O8. The maximum absolute atomic E-state index is 11.7. The van der Waals surface area contributed by atoms with Crippen LogP contribution in [0.2, 0.25) is 0 Å². The molecule has 4 atom stereocenters. The Hall–Kier alpha value is -2.12. The lowest BCUT2D eigenvalue weighted by atomic mass is 9.98. The van der Waals surface area contributed by atoms with Crippen LogP contribution in [-0.2, 0) is 33.4 Å². The Morgan fingerprint density at radius 2 is 1.42 bits per heavy atom. The highest BCUT2D eigenvalue weighted by Crippen LogP contribution is 2.46. The van der Waals surface area contributed by atoms with E-state index in [-0.39, 0.29) is 49.9 Å². The number of hydrogen-bond donors (Lipinski definition) is 1. The van der Waals surface area contributed by atoms with Gasteiger partial charge < -0.3 is 19.3 Å². The molecule has 0 heterocycles. The Kier molecular flexibility index (Phi) is 6.57. The van der Waals surface area contributed by atoms with Gasteiger partial charge in [0.15, 0.2) is 0 Å². The largest absolute Gasteiger partial charge is 0.481 e. The summed E-state index contributed by atoms with van der Waals surface area (Å²) in [5, 5.41) is 8.59. The number of fused-ring (bicyclic) bond motifs is 1. The molecule has 2 aliphatic carbocycles. The highest BCUT2D eigenvalue weighted by molar-refractivity contribution is 5.76. The molecule has 0 aromatic carbocycles. The smallest absolute Gasteiger partial charge is 0.309 e. The van der Waals surface area contributed by atoms with Crippen LogP contribution in [0.25, 0.3) is 0 Å². The average molecular weight is 342 g/mol. The van der Waals surface area contributed by atoms with Crippen molar-refractivity contribution >= 4 is 24.4 Å². The van der Waals surface area contributed by atoms with E-state index in [1.807, 2.05) is 0 Å². The summed E-state index contributed by atoms with van der Waals surface area (Å²) in [6.45, 7) is 0.298. The molecule has 2 fully saturated rings. The summed E-state index contributed by atoms with van der Waals surface area (Å²) in [6.07, 6.45) is 2.30. The first-order valence-electron chi connectivity index (χ1n) is 8.17. The topological polar surface area (TPSA) is 116 Å². The Morgan fingerprint density at radius 3 is 1.92 bits per heavy atom. The van der Waals surface area contributed by atoms with E-state index in [1.54, 1.807) is 0 Å². The number of carboxylic acid groups (broad SMARTS) is 1. The molecule has 0 bridgehead atoms. The highest BCUT2D eigenvalue weighted by Gasteiger charge is 2.48. The van der Waals surface area contributed by atoms with Crippen LogP contribution in [-0.4, -0.2) is 48.3 Å². The van der Waals surface area contributed by atoms with Crippen molar-refractivity contribution in [1.29, 1.82) is 0 Å². The third-order valence-corrected chi connectivity index (χ3v) is 4.67. The van der Waals surface area contributed by atoms with Gasteiger partial charge in [-0.05, 0) is 25.7 Å². The van der Waals surface area contributed by atoms with Gasteiger partial charge in [0.05, 0.1) is 19.3 Å². The molecule has 0 aromatic heterocycles. The van der Waals surface area contributed by atoms with Crippen LogP contribution in [0.15, 0.2) is 0 Å². The number of carbonyl (C=O) groups is 4. The van der Waals surface area contributed by atoms with Gasteiger partial charge in [0.1, 0.15) is 18.8 Å². The molecule has 0 spiro atoms. The van der Waals surface area contributed by atoms with E-state index >= 15 is 0 Å². The van der Waals surface area contributed by atoms with Crippen molar-refractivity contribution in [2.45, 2.75) is 57.2 Å². The third kappa shape index (κ3) is 4.94. The van der Waals surface area contributed by atoms with Gasteiger partial charge in [-0.3, -0.25) is 19.2 Å². The minimum atomic E-state index is -1.03. The van der Waals surface area contributed by atoms with Gasteiger partial charge in [0.25, 0.3) is 6.47 Å². The first-order chi connectivity index (χ1) is 11.5. The van der Waals surface area contributed by atoms with Gasteiger partial charge >= 0.3 is 17.9 Å². The lowest BCUT2D eigenvalue weighted by Crippen LogP contribution is -2.27. The van der Waals surface area contributed by atoms with E-state index < -0.39 is 17.9 Å². The van der Waals surface area contributed by atoms with Crippen molar-refractivity contribution in [2.75, 3.05) is 6.61 Å². The van der Waals surface area contributed by atoms with Crippen molar-refractivity contribution in [3.05, 3.63) is 0 Å². The summed E-state index contributed by atoms with van der Waals surface area (Å²) >= 11 is 0. The second kappa shape index (κ2) is 8.65. The number of ether oxygens (including phenoxy) is 3. The minimum absolute atomic E-state index is 0.00691. The molecule has 8 heteroatoms. The fourth-order valence-electron chi connectivity index (χ4n) is 3.64. The molecule has 2 saturated carbocycles. The summed E-state index contributed by atoms with van der Waals surface area (Å²) < 4.78 is 15.3. The summed E-state index contributed by atoms with van der Waals surface area (Å²) in [4.78, 5) is 43.9. The molecule has 0 radical (unpaired) electrons. The molecule has 0 amide bonds. The zero-order chi connectivity index (χ0) is 17.5. The molecule has 8 nitrogen and oxygen atoms in total. The second-order valence-corrected chi connectivity index (χ2v) is 6.15. The first kappa shape index (κ1) is 18.2. The van der Waals surface area contributed by atoms with Gasteiger partial charge in [-0.2, -0.15) is 0 Å². The normalized spacial score (nSPS) is 28.0. The summed E-state index contributed by atoms with van der Waals surface area (Å²) in [6, 6.07) is 0. The van der Waals surface area contributed by atoms with Crippen LogP contribution in [0.5, 0.6) is 0 Å². The van der Waals surface area contributed by atoms with Crippen LogP contribution >= 0.6 is 0 Å². The number of carboxylic acids is 1. The molecule has 0 saturated heterocycles. The summed E-state index contributed by atoms with van der Waals surface area (Å²) in [7, 11) is 0. The van der Waals surface area contributed by atoms with E-state index in [4.69, 9.17) is 14.6 Å². The zero-order valence-corrected chi connectivity index (χ0v) is 13.3. The van der Waals surface area contributed by atoms with Crippen molar-refractivity contribution in [1.82, 2.24) is 0 Å². The van der Waals surface area contributed by atoms with Crippen LogP contribution in [0.4, 0.5) is 0 Å². The predicted octanol–water partition coefficient (Wildman–Crippen LogP) is 1.06. The molecule has 0 unspecified atom stereocenters. The van der Waals surface area contributed by atoms with Gasteiger partial charge in [0.2, 0.25) is 0 Å². The highest BCUT2D eigenvalue weighted by atomic mass is 16.6. The SMILES string of the molecule is O=COCCC(=O)O[C@@H]1CC[C@H]2[C@@H]1CC[C@@H]2OC(=O)CCC(=O)O. The van der Waals surface area contributed by atoms with Crippen LogP contribution < -0.4 is 0 Å². The third-order valence-electron chi connectivity index (χ3n) is 4.67. The van der Waals surface area contributed by atoms with Gasteiger partial charge in [-0.25, -0.2) is 0 Å². The van der Waals surface area contributed by atoms with Crippen molar-refractivity contribution < 1.29 is 38.5 Å². The predicted molar refractivity (Wildman–Crippen MR) is 78.7 cm³/mol. The fraction of sp³-hybridized carbons (Fsp3) is 0.750. The number of esters is 2. The molecule has 2 aliphatic rings. The molecule has 24 heavy (non-hydrogen) atoms. The maximum atomic E-state index is 11.7. The van der Waals surface area contributed by atoms with E-state index in [0.717, 1.165) is 19.3 Å². The first-order valence-corrected chi connectivity index (χ1v) is 8.17. The van der Waals surface area contributed by atoms with Crippen molar-refractivity contribution in [2.24, 2.45) is 11.8 Å². The lowest BCUT2D eigenvalue weighted by molar-refractivity contribution is -0.155. The number of aliphatic carboxylic acids is 1. The Morgan fingerprint density at radius 1 is 0.875 bits per heavy atom. The van der Waals surface area contributed by atoms with E-state index in [1.165, 1.54) is 0 Å². The number of hydrogen-bond acceptors (Lipinski definition) is 7. The minimum Gasteiger partial charge on any atom is -0.481 e. The van der Waals surface area contributed by atoms with Crippen molar-refractivity contribution in [3.63, 3.8) is 0 Å². The quantitative estimate of drug-likeness (QED) is 0.286. The van der Waals surface area contributed by atoms with Gasteiger partial charge in [-0.1, -0.05) is 0 Å². The van der Waals surface area contributed by atoms with E-state index in [0.29, 0.717) is 12.9 Å². The lowest BCUT2D eigenvalue weighted by Gasteiger charge is -2.21. The summed E-state index contributed by atoms with van der Waals surface area (Å²) in [5.41, 5.74) is 0. The van der Waals surface area contributed by atoms with Gasteiger partial charge in [0, 0.05) is 11.8 Å². The molecule has 0 aromatic rings. The molecule has 0 aliphatic heterocycles. The fourth-order valence-corrected chi connectivity index (χ4v) is 3.64. The Balaban J connectivity index is 1.76. The monoisotopic (exact) mass is 342 g/mol. The van der Waals surface area contributed by atoms with Crippen LogP contribution in [0, 0.1) is 11.8 Å². The standard InChI is InChI=1S/C16H22O8/c17-9-22-8-7-16(21)24-13-4-2-10-11(13)1-3-12(10)23-15(20)6-5-14(18)19/h9-13H,1-8H2,(H,18,19)/t10-,11-,12-,13+/m0/s1. The Bertz CT molecular complexity index is 488. The van der Waals surface area contributed by atoms with Gasteiger partial charge in [-0.15, -0.1) is 0 Å². The molecule has 1 N–H and O–H groups in total. The summed E-state index contributed by atoms with van der Waals surface area (Å²) in [5.74, 6) is -1.59. The van der Waals surface area contributed by atoms with E-state index in [9.17, 15) is 19.2 Å².